The van der Waals surface area contributed by atoms with E-state index in [9.17, 15) is 4.79 Å². The minimum absolute atomic E-state index is 0.0822. The quantitative estimate of drug-likeness (QED) is 0.649. The number of esters is 1. The third-order valence-electron chi connectivity index (χ3n) is 2.83. The molecule has 82 valence electrons. The van der Waals surface area contributed by atoms with Crippen LogP contribution in [0.4, 0.5) is 0 Å². The topological polar surface area (TPSA) is 29.5 Å². The van der Waals surface area contributed by atoms with Crippen LogP contribution in [0.3, 0.4) is 0 Å². The molecular weight excluding hydrogens is 178 g/mol. The Morgan fingerprint density at radius 2 is 2.21 bits per heavy atom. The van der Waals surface area contributed by atoms with Gasteiger partial charge in [0, 0.05) is 6.04 Å². The van der Waals surface area contributed by atoms with Crippen LogP contribution in [0, 0.1) is 0 Å². The van der Waals surface area contributed by atoms with Crippen molar-refractivity contribution >= 4 is 5.97 Å². The number of hydrogen-bond donors (Lipinski definition) is 0. The standard InChI is InChI=1S/C11H21NO2/c1-3-14-11(13)9-12-8-6-4-5-7-10(12)2/h10H,3-9H2,1-2H3. The van der Waals surface area contributed by atoms with Gasteiger partial charge in [-0.3, -0.25) is 9.69 Å². The summed E-state index contributed by atoms with van der Waals surface area (Å²) in [7, 11) is 0. The lowest BCUT2D eigenvalue weighted by atomic mass is 10.1. The average molecular weight is 199 g/mol. The van der Waals surface area contributed by atoms with E-state index in [1.807, 2.05) is 6.92 Å². The van der Waals surface area contributed by atoms with Crippen LogP contribution < -0.4 is 0 Å². The van der Waals surface area contributed by atoms with Gasteiger partial charge in [-0.25, -0.2) is 0 Å². The minimum atomic E-state index is -0.0822. The van der Waals surface area contributed by atoms with Crippen molar-refractivity contribution in [2.45, 2.75) is 45.6 Å². The Kier molecular flexibility index (Phi) is 4.94. The Hall–Kier alpha value is -0.570. The smallest absolute Gasteiger partial charge is 0.320 e. The summed E-state index contributed by atoms with van der Waals surface area (Å²) in [6, 6.07) is 0.530. The van der Waals surface area contributed by atoms with Crippen molar-refractivity contribution in [2.75, 3.05) is 19.7 Å². The van der Waals surface area contributed by atoms with Crippen LogP contribution >= 0.6 is 0 Å². The van der Waals surface area contributed by atoms with Gasteiger partial charge in [-0.1, -0.05) is 12.8 Å². The molecule has 0 saturated carbocycles. The maximum absolute atomic E-state index is 11.3. The van der Waals surface area contributed by atoms with Crippen LogP contribution in [0.1, 0.15) is 39.5 Å². The highest BCUT2D eigenvalue weighted by atomic mass is 16.5. The van der Waals surface area contributed by atoms with Crippen LogP contribution in [0.15, 0.2) is 0 Å². The van der Waals surface area contributed by atoms with E-state index in [2.05, 4.69) is 11.8 Å². The van der Waals surface area contributed by atoms with E-state index in [0.717, 1.165) is 6.54 Å². The summed E-state index contributed by atoms with van der Waals surface area (Å²) >= 11 is 0. The molecule has 1 fully saturated rings. The maximum Gasteiger partial charge on any atom is 0.320 e. The molecule has 0 aromatic rings. The van der Waals surface area contributed by atoms with E-state index < -0.39 is 0 Å². The van der Waals surface area contributed by atoms with E-state index in [1.54, 1.807) is 0 Å². The summed E-state index contributed by atoms with van der Waals surface area (Å²) in [5.74, 6) is -0.0822. The minimum Gasteiger partial charge on any atom is -0.465 e. The fourth-order valence-electron chi connectivity index (χ4n) is 1.94. The van der Waals surface area contributed by atoms with Gasteiger partial charge in [0.25, 0.3) is 0 Å². The van der Waals surface area contributed by atoms with Crippen LogP contribution in [-0.2, 0) is 9.53 Å². The Labute approximate surface area is 86.4 Å². The van der Waals surface area contributed by atoms with E-state index in [0.29, 0.717) is 19.2 Å². The van der Waals surface area contributed by atoms with E-state index in [1.165, 1.54) is 25.7 Å². The van der Waals surface area contributed by atoms with Crippen molar-refractivity contribution in [1.82, 2.24) is 4.90 Å². The lowest BCUT2D eigenvalue weighted by Crippen LogP contribution is -2.37. The van der Waals surface area contributed by atoms with Gasteiger partial charge in [0.05, 0.1) is 13.2 Å². The normalized spacial score (nSPS) is 24.3. The molecule has 3 heteroatoms. The molecule has 1 aliphatic rings. The predicted octanol–water partition coefficient (Wildman–Crippen LogP) is 1.81. The molecule has 3 nitrogen and oxygen atoms in total. The van der Waals surface area contributed by atoms with Crippen molar-refractivity contribution in [3.8, 4) is 0 Å². The zero-order valence-electron chi connectivity index (χ0n) is 9.29. The first-order valence-corrected chi connectivity index (χ1v) is 5.63. The molecule has 0 spiro atoms. The van der Waals surface area contributed by atoms with Crippen LogP contribution in [0.25, 0.3) is 0 Å². The molecule has 0 aliphatic carbocycles. The van der Waals surface area contributed by atoms with Gasteiger partial charge in [0.1, 0.15) is 0 Å². The average Bonchev–Trinajstić information content (AvgIpc) is 2.33. The molecular formula is C11H21NO2. The second-order valence-corrected chi connectivity index (χ2v) is 3.97. The number of ether oxygens (including phenoxy) is 1. The first-order valence-electron chi connectivity index (χ1n) is 5.63. The first kappa shape index (κ1) is 11.5. The van der Waals surface area contributed by atoms with Gasteiger partial charge in [-0.15, -0.1) is 0 Å². The van der Waals surface area contributed by atoms with E-state index in [-0.39, 0.29) is 5.97 Å². The monoisotopic (exact) mass is 199 g/mol. The Bertz CT molecular complexity index is 182. The molecule has 14 heavy (non-hydrogen) atoms. The fourth-order valence-corrected chi connectivity index (χ4v) is 1.94. The molecule has 1 saturated heterocycles. The number of likely N-dealkylation sites (tertiary alicyclic amines) is 1. The van der Waals surface area contributed by atoms with E-state index in [4.69, 9.17) is 4.74 Å². The van der Waals surface area contributed by atoms with Gasteiger partial charge >= 0.3 is 5.97 Å². The molecule has 1 heterocycles. The summed E-state index contributed by atoms with van der Waals surface area (Å²) in [5.41, 5.74) is 0. The molecule has 1 atom stereocenters. The number of carbonyl (C=O) groups is 1. The van der Waals surface area contributed by atoms with Crippen molar-refractivity contribution < 1.29 is 9.53 Å². The summed E-state index contributed by atoms with van der Waals surface area (Å²) in [6.07, 6.45) is 5.01. The number of hydrogen-bond acceptors (Lipinski definition) is 3. The molecule has 0 bridgehead atoms. The van der Waals surface area contributed by atoms with Crippen molar-refractivity contribution in [2.24, 2.45) is 0 Å². The lowest BCUT2D eigenvalue weighted by molar-refractivity contribution is -0.144. The highest BCUT2D eigenvalue weighted by Gasteiger charge is 2.19. The third kappa shape index (κ3) is 3.66. The SMILES string of the molecule is CCOC(=O)CN1CCCCCC1C. The second-order valence-electron chi connectivity index (χ2n) is 3.97. The van der Waals surface area contributed by atoms with Crippen LogP contribution in [0.2, 0.25) is 0 Å². The molecule has 1 aliphatic heterocycles. The Morgan fingerprint density at radius 3 is 2.93 bits per heavy atom. The van der Waals surface area contributed by atoms with E-state index >= 15 is 0 Å². The van der Waals surface area contributed by atoms with Crippen molar-refractivity contribution in [1.29, 1.82) is 0 Å². The zero-order chi connectivity index (χ0) is 10.4. The number of nitrogens with zero attached hydrogens (tertiary/aromatic N) is 1. The zero-order valence-corrected chi connectivity index (χ0v) is 9.29. The van der Waals surface area contributed by atoms with Gasteiger partial charge in [0.15, 0.2) is 0 Å². The molecule has 0 N–H and O–H groups in total. The van der Waals surface area contributed by atoms with Crippen molar-refractivity contribution in [3.63, 3.8) is 0 Å². The largest absolute Gasteiger partial charge is 0.465 e. The molecule has 0 amide bonds. The molecule has 0 aromatic carbocycles. The summed E-state index contributed by atoms with van der Waals surface area (Å²) < 4.78 is 4.95. The van der Waals surface area contributed by atoms with Gasteiger partial charge < -0.3 is 4.74 Å². The fraction of sp³-hybridized carbons (Fsp3) is 0.909. The predicted molar refractivity (Wildman–Crippen MR) is 56.1 cm³/mol. The first-order chi connectivity index (χ1) is 6.74. The number of rotatable bonds is 3. The Morgan fingerprint density at radius 1 is 1.43 bits per heavy atom. The lowest BCUT2D eigenvalue weighted by Gasteiger charge is -2.25. The van der Waals surface area contributed by atoms with Crippen LogP contribution in [0.5, 0.6) is 0 Å². The summed E-state index contributed by atoms with van der Waals surface area (Å²) in [4.78, 5) is 13.5. The van der Waals surface area contributed by atoms with Gasteiger partial charge in [-0.05, 0) is 33.2 Å². The van der Waals surface area contributed by atoms with Crippen molar-refractivity contribution in [3.05, 3.63) is 0 Å². The second kappa shape index (κ2) is 6.02. The maximum atomic E-state index is 11.3. The molecule has 1 unspecified atom stereocenters. The molecule has 1 rings (SSSR count). The molecule has 0 aromatic heterocycles. The molecule has 0 radical (unpaired) electrons. The third-order valence-corrected chi connectivity index (χ3v) is 2.83. The summed E-state index contributed by atoms with van der Waals surface area (Å²) in [5, 5.41) is 0. The number of carbonyl (C=O) groups excluding carboxylic acids is 1. The van der Waals surface area contributed by atoms with Crippen LogP contribution in [-0.4, -0.2) is 36.6 Å². The van der Waals surface area contributed by atoms with Gasteiger partial charge in [-0.2, -0.15) is 0 Å². The summed E-state index contributed by atoms with van der Waals surface area (Å²) in [6.45, 7) is 6.05. The highest BCUT2D eigenvalue weighted by Crippen LogP contribution is 2.15. The van der Waals surface area contributed by atoms with Gasteiger partial charge in [0.2, 0.25) is 0 Å². The Balaban J connectivity index is 2.36. The highest BCUT2D eigenvalue weighted by molar-refractivity contribution is 5.71.